The summed E-state index contributed by atoms with van der Waals surface area (Å²) in [6, 6.07) is 28.9. The normalized spacial score (nSPS) is 10.9. The molecule has 0 aliphatic carbocycles. The highest BCUT2D eigenvalue weighted by Gasteiger charge is 2.14. The Balaban J connectivity index is 0.000000198. The Bertz CT molecular complexity index is 800. The summed E-state index contributed by atoms with van der Waals surface area (Å²) in [4.78, 5) is 21.8. The van der Waals surface area contributed by atoms with Gasteiger partial charge in [-0.3, -0.25) is 9.59 Å². The largest absolute Gasteiger partial charge is 0.368 e. The molecule has 27 heavy (non-hydrogen) atoms. The first-order valence-electron chi connectivity index (χ1n) is 8.55. The van der Waals surface area contributed by atoms with Crippen molar-refractivity contribution in [1.82, 2.24) is 5.32 Å². The van der Waals surface area contributed by atoms with Crippen molar-refractivity contribution in [3.8, 4) is 11.1 Å². The molecule has 0 radical (unpaired) electrons. The van der Waals surface area contributed by atoms with E-state index in [1.807, 2.05) is 18.2 Å². The number of rotatable bonds is 5. The third-order valence-corrected chi connectivity index (χ3v) is 3.76. The van der Waals surface area contributed by atoms with Gasteiger partial charge in [-0.05, 0) is 16.7 Å². The molecule has 1 unspecified atom stereocenters. The van der Waals surface area contributed by atoms with Crippen LogP contribution in [0.5, 0.6) is 0 Å². The fourth-order valence-electron chi connectivity index (χ4n) is 2.36. The fourth-order valence-corrected chi connectivity index (χ4v) is 2.36. The van der Waals surface area contributed by atoms with Crippen LogP contribution in [0.25, 0.3) is 11.1 Å². The van der Waals surface area contributed by atoms with Gasteiger partial charge >= 0.3 is 0 Å². The summed E-state index contributed by atoms with van der Waals surface area (Å²) >= 11 is 0. The lowest BCUT2D eigenvalue weighted by molar-refractivity contribution is -0.125. The fraction of sp³-hybridized carbons (Fsp3) is 0.0909. The third kappa shape index (κ3) is 6.76. The molecule has 138 valence electrons. The molecule has 0 bridgehead atoms. The summed E-state index contributed by atoms with van der Waals surface area (Å²) in [7, 11) is 0. The predicted octanol–water partition coefficient (Wildman–Crippen LogP) is 2.64. The average molecular weight is 361 g/mol. The molecule has 0 heterocycles. The average Bonchev–Trinajstić information content (AvgIpc) is 2.74. The standard InChI is InChI=1S/C12H10.C10H13N3O2/c1-3-7-11(8-4-1)12-9-5-2-6-10-12;11-8(14)6-13-10(15)9(12)7-4-2-1-3-5-7/h1-10H;1-5,9H,6,12H2,(H2,11,14)(H,13,15). The first kappa shape index (κ1) is 19.9. The van der Waals surface area contributed by atoms with Gasteiger partial charge in [0.15, 0.2) is 0 Å². The van der Waals surface area contributed by atoms with Crippen LogP contribution in [0.4, 0.5) is 0 Å². The number of nitrogens with two attached hydrogens (primary N) is 2. The van der Waals surface area contributed by atoms with Crippen LogP contribution < -0.4 is 16.8 Å². The van der Waals surface area contributed by atoms with Crippen molar-refractivity contribution < 1.29 is 9.59 Å². The van der Waals surface area contributed by atoms with Gasteiger partial charge in [0.1, 0.15) is 6.04 Å². The van der Waals surface area contributed by atoms with E-state index in [1.165, 1.54) is 11.1 Å². The predicted molar refractivity (Wildman–Crippen MR) is 107 cm³/mol. The van der Waals surface area contributed by atoms with E-state index in [-0.39, 0.29) is 6.54 Å². The number of carbonyl (C=O) groups excluding carboxylic acids is 2. The van der Waals surface area contributed by atoms with Crippen LogP contribution in [0, 0.1) is 0 Å². The summed E-state index contributed by atoms with van der Waals surface area (Å²) in [5.41, 5.74) is 13.8. The molecular weight excluding hydrogens is 338 g/mol. The highest BCUT2D eigenvalue weighted by atomic mass is 16.2. The van der Waals surface area contributed by atoms with Gasteiger partial charge in [-0.15, -0.1) is 0 Å². The second-order valence-corrected chi connectivity index (χ2v) is 5.80. The molecule has 0 fully saturated rings. The topological polar surface area (TPSA) is 98.2 Å². The number of amides is 2. The lowest BCUT2D eigenvalue weighted by Gasteiger charge is -2.11. The zero-order valence-corrected chi connectivity index (χ0v) is 14.9. The van der Waals surface area contributed by atoms with Crippen molar-refractivity contribution in [2.45, 2.75) is 6.04 Å². The molecule has 3 aromatic rings. The Morgan fingerprint density at radius 2 is 1.15 bits per heavy atom. The maximum atomic E-state index is 11.4. The molecule has 3 aromatic carbocycles. The molecule has 0 saturated heterocycles. The van der Waals surface area contributed by atoms with Crippen molar-refractivity contribution in [3.63, 3.8) is 0 Å². The van der Waals surface area contributed by atoms with Gasteiger partial charge in [0.05, 0.1) is 6.54 Å². The van der Waals surface area contributed by atoms with E-state index >= 15 is 0 Å². The van der Waals surface area contributed by atoms with Gasteiger partial charge in [-0.2, -0.15) is 0 Å². The van der Waals surface area contributed by atoms with Crippen molar-refractivity contribution in [1.29, 1.82) is 0 Å². The smallest absolute Gasteiger partial charge is 0.241 e. The van der Waals surface area contributed by atoms with E-state index in [1.54, 1.807) is 24.3 Å². The van der Waals surface area contributed by atoms with Gasteiger partial charge in [0.2, 0.25) is 11.8 Å². The number of primary amides is 1. The molecule has 0 aliphatic rings. The first-order valence-corrected chi connectivity index (χ1v) is 8.55. The Kier molecular flexibility index (Phi) is 7.75. The summed E-state index contributed by atoms with van der Waals surface area (Å²) in [5, 5.41) is 2.34. The Morgan fingerprint density at radius 1 is 0.741 bits per heavy atom. The lowest BCUT2D eigenvalue weighted by Crippen LogP contribution is -2.39. The molecule has 5 heteroatoms. The van der Waals surface area contributed by atoms with Crippen LogP contribution in [-0.2, 0) is 9.59 Å². The highest BCUT2D eigenvalue weighted by Crippen LogP contribution is 2.17. The van der Waals surface area contributed by atoms with E-state index in [0.717, 1.165) is 0 Å². The first-order chi connectivity index (χ1) is 13.1. The molecule has 5 nitrogen and oxygen atoms in total. The van der Waals surface area contributed by atoms with Gasteiger partial charge in [-0.25, -0.2) is 0 Å². The van der Waals surface area contributed by atoms with E-state index in [2.05, 4.69) is 53.8 Å². The van der Waals surface area contributed by atoms with Crippen LogP contribution >= 0.6 is 0 Å². The number of carbonyl (C=O) groups is 2. The van der Waals surface area contributed by atoms with E-state index in [0.29, 0.717) is 5.56 Å². The molecule has 0 aromatic heterocycles. The molecule has 2 amide bonds. The van der Waals surface area contributed by atoms with Crippen LogP contribution in [0.2, 0.25) is 0 Å². The number of benzene rings is 3. The zero-order chi connectivity index (χ0) is 19.5. The van der Waals surface area contributed by atoms with Crippen molar-refractivity contribution in [2.24, 2.45) is 11.5 Å². The van der Waals surface area contributed by atoms with Crippen LogP contribution in [0.3, 0.4) is 0 Å². The van der Waals surface area contributed by atoms with Crippen molar-refractivity contribution >= 4 is 11.8 Å². The van der Waals surface area contributed by atoms with Gasteiger partial charge in [0, 0.05) is 0 Å². The second kappa shape index (κ2) is 10.5. The molecule has 0 aliphatic heterocycles. The summed E-state index contributed by atoms with van der Waals surface area (Å²) in [5.74, 6) is -1.01. The maximum Gasteiger partial charge on any atom is 0.241 e. The summed E-state index contributed by atoms with van der Waals surface area (Å²) in [6.07, 6.45) is 0. The number of hydrogen-bond acceptors (Lipinski definition) is 3. The lowest BCUT2D eigenvalue weighted by atomic mass is 10.1. The Morgan fingerprint density at radius 3 is 1.56 bits per heavy atom. The minimum absolute atomic E-state index is 0.195. The van der Waals surface area contributed by atoms with E-state index < -0.39 is 17.9 Å². The van der Waals surface area contributed by atoms with E-state index in [9.17, 15) is 9.59 Å². The van der Waals surface area contributed by atoms with Gasteiger partial charge in [0.25, 0.3) is 0 Å². The Labute approximate surface area is 159 Å². The molecule has 5 N–H and O–H groups in total. The van der Waals surface area contributed by atoms with Crippen LogP contribution in [0.1, 0.15) is 11.6 Å². The zero-order valence-electron chi connectivity index (χ0n) is 14.9. The third-order valence-electron chi connectivity index (χ3n) is 3.76. The molecule has 0 spiro atoms. The van der Waals surface area contributed by atoms with E-state index in [4.69, 9.17) is 11.5 Å². The Hall–Kier alpha value is -3.44. The van der Waals surface area contributed by atoms with Gasteiger partial charge in [-0.1, -0.05) is 91.0 Å². The number of nitrogens with one attached hydrogen (secondary N) is 1. The molecule has 1 atom stereocenters. The minimum atomic E-state index is -0.773. The second-order valence-electron chi connectivity index (χ2n) is 5.80. The van der Waals surface area contributed by atoms with Crippen molar-refractivity contribution in [2.75, 3.05) is 6.54 Å². The molecule has 3 rings (SSSR count). The molecular formula is C22H23N3O2. The highest BCUT2D eigenvalue weighted by molar-refractivity contribution is 5.87. The minimum Gasteiger partial charge on any atom is -0.368 e. The monoisotopic (exact) mass is 361 g/mol. The maximum absolute atomic E-state index is 11.4. The summed E-state index contributed by atoms with van der Waals surface area (Å²) in [6.45, 7) is -0.195. The van der Waals surface area contributed by atoms with Crippen LogP contribution in [-0.4, -0.2) is 18.4 Å². The molecule has 0 saturated carbocycles. The summed E-state index contributed by atoms with van der Waals surface area (Å²) < 4.78 is 0. The van der Waals surface area contributed by atoms with Crippen LogP contribution in [0.15, 0.2) is 91.0 Å². The number of hydrogen-bond donors (Lipinski definition) is 3. The van der Waals surface area contributed by atoms with Gasteiger partial charge < -0.3 is 16.8 Å². The SMILES string of the molecule is NC(=O)CNC(=O)C(N)c1ccccc1.c1ccc(-c2ccccc2)cc1. The quantitative estimate of drug-likeness (QED) is 0.651. The van der Waals surface area contributed by atoms with Crippen molar-refractivity contribution in [3.05, 3.63) is 96.6 Å².